The summed E-state index contributed by atoms with van der Waals surface area (Å²) >= 11 is 0. The summed E-state index contributed by atoms with van der Waals surface area (Å²) < 4.78 is 19.9. The second kappa shape index (κ2) is 10.7. The molecule has 3 aromatic rings. The van der Waals surface area contributed by atoms with E-state index in [1.807, 2.05) is 42.5 Å². The van der Waals surface area contributed by atoms with Gasteiger partial charge in [0.25, 0.3) is 0 Å². The van der Waals surface area contributed by atoms with Crippen molar-refractivity contribution in [2.24, 2.45) is 0 Å². The Hall–Kier alpha value is -3.95. The molecule has 0 saturated carbocycles. The van der Waals surface area contributed by atoms with E-state index in [4.69, 9.17) is 4.74 Å². The molecule has 5 heteroatoms. The molecule has 0 spiro atoms. The highest BCUT2D eigenvalue weighted by atomic mass is 19.1. The molecule has 1 N–H and O–H groups in total. The number of pyridine rings is 1. The lowest BCUT2D eigenvalue weighted by Gasteiger charge is -2.16. The molecule has 4 nitrogen and oxygen atoms in total. The van der Waals surface area contributed by atoms with E-state index in [0.29, 0.717) is 5.69 Å². The van der Waals surface area contributed by atoms with Gasteiger partial charge in [-0.3, -0.25) is 4.98 Å². The quantitative estimate of drug-likeness (QED) is 0.223. The number of hydrogen-bond donors (Lipinski definition) is 1. The zero-order chi connectivity index (χ0) is 22.1. The molecule has 0 saturated heterocycles. The van der Waals surface area contributed by atoms with Crippen molar-refractivity contribution in [2.75, 3.05) is 11.9 Å². The molecule has 31 heavy (non-hydrogen) atoms. The van der Waals surface area contributed by atoms with Gasteiger partial charge in [-0.25, -0.2) is 9.18 Å². The van der Waals surface area contributed by atoms with Gasteiger partial charge in [-0.2, -0.15) is 0 Å². The highest BCUT2D eigenvalue weighted by Crippen LogP contribution is 2.26. The Morgan fingerprint density at radius 3 is 2.48 bits per heavy atom. The van der Waals surface area contributed by atoms with Crippen LogP contribution in [0, 0.1) is 5.82 Å². The van der Waals surface area contributed by atoms with Crippen LogP contribution in [0.4, 0.5) is 10.1 Å². The van der Waals surface area contributed by atoms with Gasteiger partial charge in [0.2, 0.25) is 0 Å². The first-order chi connectivity index (χ1) is 15.1. The number of esters is 1. The minimum atomic E-state index is -0.573. The third-order valence-corrected chi connectivity index (χ3v) is 4.40. The van der Waals surface area contributed by atoms with E-state index >= 15 is 0 Å². The summed E-state index contributed by atoms with van der Waals surface area (Å²) in [6.45, 7) is 3.70. The molecule has 1 heterocycles. The molecule has 0 fully saturated rings. The molecular formula is C26H23FN2O2. The van der Waals surface area contributed by atoms with Crippen LogP contribution in [-0.4, -0.2) is 17.6 Å². The second-order valence-corrected chi connectivity index (χ2v) is 6.51. The lowest BCUT2D eigenvalue weighted by Crippen LogP contribution is -2.13. The minimum Gasteiger partial charge on any atom is -0.462 e. The van der Waals surface area contributed by atoms with Gasteiger partial charge in [0.15, 0.2) is 0 Å². The third-order valence-electron chi connectivity index (χ3n) is 4.40. The van der Waals surface area contributed by atoms with Crippen LogP contribution < -0.4 is 5.32 Å². The zero-order valence-corrected chi connectivity index (χ0v) is 17.4. The molecule has 156 valence electrons. The predicted octanol–water partition coefficient (Wildman–Crippen LogP) is 6.01. The highest BCUT2D eigenvalue weighted by Gasteiger charge is 2.19. The molecule has 0 unspecified atom stereocenters. The van der Waals surface area contributed by atoms with Gasteiger partial charge in [0.05, 0.1) is 35.5 Å². The maximum absolute atomic E-state index is 14.7. The smallest absolute Gasteiger partial charge is 0.340 e. The fourth-order valence-corrected chi connectivity index (χ4v) is 2.94. The first-order valence-corrected chi connectivity index (χ1v) is 9.96. The van der Waals surface area contributed by atoms with Gasteiger partial charge in [-0.1, -0.05) is 42.5 Å². The van der Waals surface area contributed by atoms with Gasteiger partial charge in [-0.15, -0.1) is 5.73 Å². The lowest BCUT2D eigenvalue weighted by molar-refractivity contribution is -0.138. The van der Waals surface area contributed by atoms with Crippen LogP contribution in [0.5, 0.6) is 0 Å². The number of aromatic nitrogens is 1. The maximum atomic E-state index is 14.7. The van der Waals surface area contributed by atoms with Crippen molar-refractivity contribution in [3.63, 3.8) is 0 Å². The van der Waals surface area contributed by atoms with Crippen molar-refractivity contribution in [2.45, 2.75) is 13.8 Å². The lowest BCUT2D eigenvalue weighted by atomic mass is 10.0. The number of halogens is 1. The van der Waals surface area contributed by atoms with Crippen LogP contribution in [0.1, 0.15) is 19.4 Å². The molecule has 0 bridgehead atoms. The summed E-state index contributed by atoms with van der Waals surface area (Å²) in [5.74, 6) is -1.04. The van der Waals surface area contributed by atoms with E-state index in [9.17, 15) is 9.18 Å². The van der Waals surface area contributed by atoms with E-state index in [1.54, 1.807) is 44.3 Å². The Morgan fingerprint density at radius 2 is 1.84 bits per heavy atom. The summed E-state index contributed by atoms with van der Waals surface area (Å²) in [5, 5.41) is 3.15. The van der Waals surface area contributed by atoms with E-state index < -0.39 is 11.8 Å². The molecule has 0 atom stereocenters. The van der Waals surface area contributed by atoms with E-state index in [1.165, 1.54) is 12.1 Å². The zero-order valence-electron chi connectivity index (χ0n) is 17.4. The molecular weight excluding hydrogens is 391 g/mol. The summed E-state index contributed by atoms with van der Waals surface area (Å²) in [6, 6.07) is 19.7. The molecule has 0 aliphatic carbocycles. The number of carbonyl (C=O) groups is 1. The molecule has 0 aliphatic heterocycles. The van der Waals surface area contributed by atoms with Crippen molar-refractivity contribution in [3.05, 3.63) is 108 Å². The van der Waals surface area contributed by atoms with E-state index in [0.717, 1.165) is 11.3 Å². The first kappa shape index (κ1) is 21.8. The molecule has 0 radical (unpaired) electrons. The third kappa shape index (κ3) is 5.56. The van der Waals surface area contributed by atoms with Crippen LogP contribution >= 0.6 is 0 Å². The van der Waals surface area contributed by atoms with Crippen LogP contribution in [0.15, 0.2) is 96.4 Å². The van der Waals surface area contributed by atoms with E-state index in [2.05, 4.69) is 16.0 Å². The average Bonchev–Trinajstić information content (AvgIpc) is 2.80. The monoisotopic (exact) mass is 414 g/mol. The van der Waals surface area contributed by atoms with Crippen molar-refractivity contribution in [1.29, 1.82) is 0 Å². The van der Waals surface area contributed by atoms with Crippen molar-refractivity contribution in [3.8, 4) is 11.3 Å². The Kier molecular flexibility index (Phi) is 7.52. The van der Waals surface area contributed by atoms with Gasteiger partial charge in [0.1, 0.15) is 5.82 Å². The molecule has 0 aliphatic rings. The fraction of sp³-hybridized carbons (Fsp3) is 0.115. The Morgan fingerprint density at radius 1 is 1.10 bits per heavy atom. The molecule has 0 amide bonds. The van der Waals surface area contributed by atoms with Crippen molar-refractivity contribution in [1.82, 2.24) is 4.98 Å². The highest BCUT2D eigenvalue weighted by molar-refractivity contribution is 6.02. The van der Waals surface area contributed by atoms with Crippen LogP contribution in [0.3, 0.4) is 0 Å². The summed E-state index contributed by atoms with van der Waals surface area (Å²) in [6.07, 6.45) is 4.79. The number of ether oxygens (including phenoxy) is 1. The minimum absolute atomic E-state index is 0.164. The maximum Gasteiger partial charge on any atom is 0.340 e. The number of carbonyl (C=O) groups excluding carboxylic acids is 1. The SMILES string of the molecule is CC=C=C/C(C(=O)OCC)=C(\Nc1ccc(-c2ccccc2)nc1)c1ccccc1F. The predicted molar refractivity (Wildman–Crippen MR) is 122 cm³/mol. The second-order valence-electron chi connectivity index (χ2n) is 6.51. The van der Waals surface area contributed by atoms with Crippen LogP contribution in [0.25, 0.3) is 17.0 Å². The first-order valence-electron chi connectivity index (χ1n) is 9.96. The van der Waals surface area contributed by atoms with Gasteiger partial charge < -0.3 is 10.1 Å². The number of anilines is 1. The molecule has 3 rings (SSSR count). The summed E-state index contributed by atoms with van der Waals surface area (Å²) in [4.78, 5) is 17.2. The van der Waals surface area contributed by atoms with Gasteiger partial charge >= 0.3 is 5.97 Å². The number of benzene rings is 2. The van der Waals surface area contributed by atoms with Crippen molar-refractivity contribution >= 4 is 17.4 Å². The topological polar surface area (TPSA) is 51.2 Å². The van der Waals surface area contributed by atoms with Gasteiger partial charge in [0, 0.05) is 11.1 Å². The van der Waals surface area contributed by atoms with E-state index in [-0.39, 0.29) is 23.4 Å². The number of hydrogen-bond acceptors (Lipinski definition) is 4. The normalized spacial score (nSPS) is 11.1. The average molecular weight is 414 g/mol. The number of rotatable bonds is 7. The number of nitrogens with zero attached hydrogens (tertiary/aromatic N) is 1. The molecule has 1 aromatic heterocycles. The fourth-order valence-electron chi connectivity index (χ4n) is 2.94. The van der Waals surface area contributed by atoms with Crippen molar-refractivity contribution < 1.29 is 13.9 Å². The Labute approximate surface area is 181 Å². The Balaban J connectivity index is 2.07. The Bertz CT molecular complexity index is 1130. The largest absolute Gasteiger partial charge is 0.462 e. The standard InChI is InChI=1S/C26H23FN2O2/c1-3-5-13-22(26(30)31-4-2)25(21-14-9-10-15-23(21)27)29-20-16-17-24(28-18-20)19-11-7-6-8-12-19/h3,6-18,29H,4H2,1-2H3/b25-22+. The summed E-state index contributed by atoms with van der Waals surface area (Å²) in [5.41, 5.74) is 5.97. The van der Waals surface area contributed by atoms with Crippen LogP contribution in [0.2, 0.25) is 0 Å². The molecule has 2 aromatic carbocycles. The van der Waals surface area contributed by atoms with Gasteiger partial charge in [-0.05, 0) is 50.3 Å². The summed E-state index contributed by atoms with van der Waals surface area (Å²) in [7, 11) is 0. The number of nitrogens with one attached hydrogen (secondary N) is 1. The van der Waals surface area contributed by atoms with Crippen LogP contribution in [-0.2, 0) is 9.53 Å².